The zero-order valence-electron chi connectivity index (χ0n) is 10.3. The van der Waals surface area contributed by atoms with Crippen molar-refractivity contribution in [3.8, 4) is 0 Å². The number of nitrogens with zero attached hydrogens (tertiary/aromatic N) is 2. The lowest BCUT2D eigenvalue weighted by Gasteiger charge is -2.16. The molecule has 2 atom stereocenters. The van der Waals surface area contributed by atoms with Crippen molar-refractivity contribution in [2.45, 2.75) is 16.1 Å². The first-order valence-electron chi connectivity index (χ1n) is 5.34. The number of rotatable bonds is 2. The van der Waals surface area contributed by atoms with Crippen LogP contribution in [-0.2, 0) is 16.0 Å². The molecule has 4 nitrogen and oxygen atoms in total. The van der Waals surface area contributed by atoms with Crippen molar-refractivity contribution >= 4 is 38.7 Å². The molecule has 18 heavy (non-hydrogen) atoms. The van der Waals surface area contributed by atoms with E-state index in [1.165, 1.54) is 5.01 Å². The van der Waals surface area contributed by atoms with Crippen molar-refractivity contribution in [2.75, 3.05) is 13.3 Å². The van der Waals surface area contributed by atoms with Gasteiger partial charge in [0.25, 0.3) is 5.91 Å². The van der Waals surface area contributed by atoms with Gasteiger partial charge in [-0.15, -0.1) is 0 Å². The van der Waals surface area contributed by atoms with Gasteiger partial charge in [0.05, 0.1) is 5.71 Å². The first kappa shape index (κ1) is 13.6. The minimum atomic E-state index is -1.00. The van der Waals surface area contributed by atoms with Crippen molar-refractivity contribution in [2.24, 2.45) is 5.10 Å². The van der Waals surface area contributed by atoms with Gasteiger partial charge in [-0.3, -0.25) is 4.79 Å². The molecule has 6 heteroatoms. The quantitative estimate of drug-likeness (QED) is 0.613. The van der Waals surface area contributed by atoms with Gasteiger partial charge in [0.1, 0.15) is 10.6 Å². The number of hydrogen-bond acceptors (Lipinski definition) is 3. The molecule has 1 heterocycles. The standard InChI is InChI=1S/C12H13BrN2O2S/c1-12(13)10(14-15(2)11(12)16)8-4-6-9(7-5-8)18(3)17/h4-7H,1-3H3. The van der Waals surface area contributed by atoms with Crippen LogP contribution >= 0.6 is 15.9 Å². The summed E-state index contributed by atoms with van der Waals surface area (Å²) < 4.78 is 10.5. The van der Waals surface area contributed by atoms with E-state index >= 15 is 0 Å². The van der Waals surface area contributed by atoms with E-state index in [9.17, 15) is 9.35 Å². The second-order valence-electron chi connectivity index (χ2n) is 4.26. The van der Waals surface area contributed by atoms with Gasteiger partial charge in [-0.1, -0.05) is 15.9 Å². The van der Waals surface area contributed by atoms with E-state index in [4.69, 9.17) is 0 Å². The summed E-state index contributed by atoms with van der Waals surface area (Å²) in [6.07, 6.45) is 1.63. The van der Waals surface area contributed by atoms with Gasteiger partial charge in [-0.2, -0.15) is 5.10 Å². The lowest BCUT2D eigenvalue weighted by Crippen LogP contribution is -2.37. The number of amides is 1. The van der Waals surface area contributed by atoms with Crippen molar-refractivity contribution in [3.05, 3.63) is 29.8 Å². The molecule has 1 aliphatic heterocycles. The number of halogens is 1. The third kappa shape index (κ3) is 2.20. The van der Waals surface area contributed by atoms with Gasteiger partial charge in [0.15, 0.2) is 4.90 Å². The summed E-state index contributed by atoms with van der Waals surface area (Å²) in [5, 5.41) is 5.57. The van der Waals surface area contributed by atoms with Gasteiger partial charge < -0.3 is 4.55 Å². The van der Waals surface area contributed by atoms with Crippen LogP contribution in [0.4, 0.5) is 0 Å². The smallest absolute Gasteiger partial charge is 0.265 e. The summed E-state index contributed by atoms with van der Waals surface area (Å²) in [7, 11) is 1.63. The number of hydrazone groups is 1. The third-order valence-corrected chi connectivity index (χ3v) is 4.50. The summed E-state index contributed by atoms with van der Waals surface area (Å²) in [6, 6.07) is 7.25. The Morgan fingerprint density at radius 3 is 2.33 bits per heavy atom. The molecule has 2 rings (SSSR count). The molecule has 0 aliphatic carbocycles. The summed E-state index contributed by atoms with van der Waals surface area (Å²) in [5.74, 6) is -0.0966. The first-order valence-corrected chi connectivity index (χ1v) is 7.69. The Morgan fingerprint density at radius 1 is 1.39 bits per heavy atom. The highest BCUT2D eigenvalue weighted by Crippen LogP contribution is 2.31. The van der Waals surface area contributed by atoms with Crippen LogP contribution in [0.2, 0.25) is 0 Å². The molecule has 1 aromatic carbocycles. The molecule has 0 aromatic heterocycles. The Balaban J connectivity index is 2.38. The highest BCUT2D eigenvalue weighted by Gasteiger charge is 2.44. The number of carbonyl (C=O) groups is 1. The lowest BCUT2D eigenvalue weighted by atomic mass is 9.99. The maximum Gasteiger partial charge on any atom is 0.265 e. The summed E-state index contributed by atoms with van der Waals surface area (Å²) in [5.41, 5.74) is 1.52. The van der Waals surface area contributed by atoms with Crippen molar-refractivity contribution in [1.29, 1.82) is 0 Å². The maximum atomic E-state index is 11.9. The SMILES string of the molecule is CN1N=C(c2ccc([S+](C)[O-])cc2)C(C)(Br)C1=O. The molecule has 1 aliphatic rings. The van der Waals surface area contributed by atoms with Gasteiger partial charge in [0.2, 0.25) is 0 Å². The zero-order chi connectivity index (χ0) is 13.5. The fourth-order valence-electron chi connectivity index (χ4n) is 1.83. The van der Waals surface area contributed by atoms with E-state index in [0.717, 1.165) is 10.5 Å². The predicted molar refractivity (Wildman–Crippen MR) is 75.4 cm³/mol. The van der Waals surface area contributed by atoms with Crippen molar-refractivity contribution in [3.63, 3.8) is 0 Å². The van der Waals surface area contributed by atoms with Gasteiger partial charge >= 0.3 is 0 Å². The fourth-order valence-corrected chi connectivity index (χ4v) is 2.91. The minimum absolute atomic E-state index is 0.0966. The topological polar surface area (TPSA) is 55.7 Å². The maximum absolute atomic E-state index is 11.9. The first-order chi connectivity index (χ1) is 8.34. The Hall–Kier alpha value is -0.850. The van der Waals surface area contributed by atoms with Crippen LogP contribution in [0.1, 0.15) is 12.5 Å². The molecule has 0 radical (unpaired) electrons. The molecular formula is C12H13BrN2O2S. The molecule has 1 amide bonds. The minimum Gasteiger partial charge on any atom is -0.612 e. The molecule has 0 bridgehead atoms. The van der Waals surface area contributed by atoms with E-state index in [1.807, 2.05) is 12.1 Å². The number of carbonyl (C=O) groups excluding carboxylic acids is 1. The fraction of sp³-hybridized carbons (Fsp3) is 0.333. The summed E-state index contributed by atoms with van der Waals surface area (Å²) >= 11 is 2.42. The highest BCUT2D eigenvalue weighted by atomic mass is 79.9. The predicted octanol–water partition coefficient (Wildman–Crippen LogP) is 1.75. The second-order valence-corrected chi connectivity index (χ2v) is 7.22. The molecule has 0 saturated carbocycles. The van der Waals surface area contributed by atoms with Crippen molar-refractivity contribution in [1.82, 2.24) is 5.01 Å². The highest BCUT2D eigenvalue weighted by molar-refractivity contribution is 9.10. The molecule has 96 valence electrons. The summed E-state index contributed by atoms with van der Waals surface area (Å²) in [4.78, 5) is 12.7. The van der Waals surface area contributed by atoms with Crippen LogP contribution in [-0.4, -0.2) is 38.8 Å². The van der Waals surface area contributed by atoms with Gasteiger partial charge in [-0.05, 0) is 42.4 Å². The van der Waals surface area contributed by atoms with Crippen molar-refractivity contribution < 1.29 is 9.35 Å². The Labute approximate surface area is 117 Å². The van der Waals surface area contributed by atoms with Gasteiger partial charge in [0, 0.05) is 12.6 Å². The van der Waals surface area contributed by atoms with Crippen LogP contribution < -0.4 is 0 Å². The Morgan fingerprint density at radius 2 is 1.94 bits per heavy atom. The molecule has 0 spiro atoms. The van der Waals surface area contributed by atoms with Gasteiger partial charge in [-0.25, -0.2) is 5.01 Å². The van der Waals surface area contributed by atoms with Crippen LogP contribution in [0.5, 0.6) is 0 Å². The Kier molecular flexibility index (Phi) is 3.53. The average molecular weight is 329 g/mol. The summed E-state index contributed by atoms with van der Waals surface area (Å²) in [6.45, 7) is 1.78. The van der Waals surface area contributed by atoms with E-state index in [1.54, 1.807) is 32.4 Å². The zero-order valence-corrected chi connectivity index (χ0v) is 12.7. The van der Waals surface area contributed by atoms with Crippen LogP contribution in [0, 0.1) is 0 Å². The molecular weight excluding hydrogens is 316 g/mol. The van der Waals surface area contributed by atoms with E-state index in [0.29, 0.717) is 5.71 Å². The average Bonchev–Trinajstić information content (AvgIpc) is 2.53. The largest absolute Gasteiger partial charge is 0.612 e. The normalized spacial score (nSPS) is 25.3. The monoisotopic (exact) mass is 328 g/mol. The lowest BCUT2D eigenvalue weighted by molar-refractivity contribution is -0.128. The molecule has 0 fully saturated rings. The van der Waals surface area contributed by atoms with Crippen LogP contribution in [0.15, 0.2) is 34.3 Å². The molecule has 1 aromatic rings. The number of hydrogen-bond donors (Lipinski definition) is 0. The van der Waals surface area contributed by atoms with E-state index < -0.39 is 15.5 Å². The molecule has 0 N–H and O–H groups in total. The molecule has 2 unspecified atom stereocenters. The molecule has 0 saturated heterocycles. The van der Waals surface area contributed by atoms with Crippen LogP contribution in [0.3, 0.4) is 0 Å². The van der Waals surface area contributed by atoms with E-state index in [-0.39, 0.29) is 5.91 Å². The third-order valence-electron chi connectivity index (χ3n) is 2.85. The number of benzene rings is 1. The van der Waals surface area contributed by atoms with E-state index in [2.05, 4.69) is 21.0 Å². The Bertz CT molecular complexity index is 511. The second kappa shape index (κ2) is 4.68. The van der Waals surface area contributed by atoms with Crippen LogP contribution in [0.25, 0.3) is 0 Å². The number of alkyl halides is 1.